The summed E-state index contributed by atoms with van der Waals surface area (Å²) in [5, 5.41) is 0. The average molecular weight is 259 g/mol. The Kier molecular flexibility index (Phi) is 3.62. The first-order valence-corrected chi connectivity index (χ1v) is 6.82. The molecule has 0 aliphatic carbocycles. The molecule has 0 heterocycles. The Hall–Kier alpha value is -2.38. The molecular formula is C19H17N. The summed E-state index contributed by atoms with van der Waals surface area (Å²) < 4.78 is 0. The van der Waals surface area contributed by atoms with Gasteiger partial charge in [-0.2, -0.15) is 0 Å². The Morgan fingerprint density at radius 3 is 1.75 bits per heavy atom. The fourth-order valence-corrected chi connectivity index (χ4v) is 2.36. The minimum Gasteiger partial charge on any atom is -0.326 e. The molecular weight excluding hydrogens is 242 g/mol. The molecule has 0 amide bonds. The van der Waals surface area contributed by atoms with Gasteiger partial charge in [-0.05, 0) is 33.9 Å². The van der Waals surface area contributed by atoms with Gasteiger partial charge in [0.15, 0.2) is 0 Å². The molecule has 0 aliphatic rings. The molecule has 1 heteroatoms. The normalized spacial score (nSPS) is 10.4. The lowest BCUT2D eigenvalue weighted by Gasteiger charge is -2.06. The van der Waals surface area contributed by atoms with Crippen molar-refractivity contribution < 1.29 is 0 Å². The molecule has 0 aromatic heterocycles. The fourth-order valence-electron chi connectivity index (χ4n) is 2.36. The van der Waals surface area contributed by atoms with Gasteiger partial charge in [-0.3, -0.25) is 0 Å². The minimum atomic E-state index is 0.579. The van der Waals surface area contributed by atoms with Crippen LogP contribution in [0, 0.1) is 0 Å². The standard InChI is InChI=1S/C19H17N/c20-14-15-5-4-8-19(13-15)18-11-9-17(10-12-18)16-6-2-1-3-7-16/h1-13H,14,20H2. The Labute approximate surface area is 119 Å². The molecule has 0 spiro atoms. The van der Waals surface area contributed by atoms with E-state index in [1.54, 1.807) is 0 Å². The molecule has 3 aromatic rings. The maximum atomic E-state index is 5.70. The van der Waals surface area contributed by atoms with Crippen LogP contribution in [0.3, 0.4) is 0 Å². The maximum Gasteiger partial charge on any atom is 0.0178 e. The molecule has 3 rings (SSSR count). The van der Waals surface area contributed by atoms with E-state index in [2.05, 4.69) is 72.8 Å². The van der Waals surface area contributed by atoms with E-state index in [4.69, 9.17) is 5.73 Å². The summed E-state index contributed by atoms with van der Waals surface area (Å²) in [5.74, 6) is 0. The van der Waals surface area contributed by atoms with Crippen molar-refractivity contribution >= 4 is 0 Å². The molecule has 0 saturated carbocycles. The molecule has 0 unspecified atom stereocenters. The lowest BCUT2D eigenvalue weighted by atomic mass is 9.99. The lowest BCUT2D eigenvalue weighted by Crippen LogP contribution is -1.95. The van der Waals surface area contributed by atoms with Gasteiger partial charge in [-0.1, -0.05) is 72.8 Å². The van der Waals surface area contributed by atoms with Gasteiger partial charge < -0.3 is 5.73 Å². The highest BCUT2D eigenvalue weighted by Crippen LogP contribution is 2.25. The largest absolute Gasteiger partial charge is 0.326 e. The van der Waals surface area contributed by atoms with Gasteiger partial charge in [0.1, 0.15) is 0 Å². The van der Waals surface area contributed by atoms with Gasteiger partial charge in [0.2, 0.25) is 0 Å². The summed E-state index contributed by atoms with van der Waals surface area (Å²) >= 11 is 0. The van der Waals surface area contributed by atoms with Crippen LogP contribution in [0.15, 0.2) is 78.9 Å². The number of hydrogen-bond donors (Lipinski definition) is 1. The zero-order valence-electron chi connectivity index (χ0n) is 11.3. The topological polar surface area (TPSA) is 26.0 Å². The quantitative estimate of drug-likeness (QED) is 0.737. The zero-order chi connectivity index (χ0) is 13.8. The van der Waals surface area contributed by atoms with Crippen molar-refractivity contribution in [3.05, 3.63) is 84.4 Å². The van der Waals surface area contributed by atoms with Gasteiger partial charge in [0, 0.05) is 6.54 Å². The second-order valence-corrected chi connectivity index (χ2v) is 4.85. The second kappa shape index (κ2) is 5.72. The van der Waals surface area contributed by atoms with Crippen molar-refractivity contribution in [1.29, 1.82) is 0 Å². The monoisotopic (exact) mass is 259 g/mol. The summed E-state index contributed by atoms with van der Waals surface area (Å²) in [6, 6.07) is 27.5. The molecule has 0 radical (unpaired) electrons. The molecule has 98 valence electrons. The number of nitrogens with two attached hydrogens (primary N) is 1. The summed E-state index contributed by atoms with van der Waals surface area (Å²) in [6.07, 6.45) is 0. The molecule has 1 nitrogen and oxygen atoms in total. The maximum absolute atomic E-state index is 5.70. The third-order valence-electron chi connectivity index (χ3n) is 3.49. The van der Waals surface area contributed by atoms with E-state index in [0.29, 0.717) is 6.54 Å². The van der Waals surface area contributed by atoms with Crippen molar-refractivity contribution in [1.82, 2.24) is 0 Å². The third-order valence-corrected chi connectivity index (χ3v) is 3.49. The highest BCUT2D eigenvalue weighted by molar-refractivity contribution is 5.70. The Morgan fingerprint density at radius 1 is 0.550 bits per heavy atom. The van der Waals surface area contributed by atoms with Crippen LogP contribution in [0.25, 0.3) is 22.3 Å². The van der Waals surface area contributed by atoms with E-state index < -0.39 is 0 Å². The van der Waals surface area contributed by atoms with E-state index in [1.807, 2.05) is 6.07 Å². The Bertz CT molecular complexity index is 684. The van der Waals surface area contributed by atoms with Gasteiger partial charge in [-0.15, -0.1) is 0 Å². The number of benzene rings is 3. The number of hydrogen-bond acceptors (Lipinski definition) is 1. The van der Waals surface area contributed by atoms with Crippen LogP contribution < -0.4 is 5.73 Å². The van der Waals surface area contributed by atoms with Crippen LogP contribution in [0.2, 0.25) is 0 Å². The summed E-state index contributed by atoms with van der Waals surface area (Å²) in [6.45, 7) is 0.579. The predicted molar refractivity (Wildman–Crippen MR) is 85.2 cm³/mol. The van der Waals surface area contributed by atoms with Crippen LogP contribution in [-0.2, 0) is 6.54 Å². The first-order chi connectivity index (χ1) is 9.86. The van der Waals surface area contributed by atoms with Gasteiger partial charge in [0.05, 0.1) is 0 Å². The summed E-state index contributed by atoms with van der Waals surface area (Å²) in [4.78, 5) is 0. The highest BCUT2D eigenvalue weighted by Gasteiger charge is 2.00. The van der Waals surface area contributed by atoms with E-state index in [-0.39, 0.29) is 0 Å². The first-order valence-electron chi connectivity index (χ1n) is 6.82. The van der Waals surface area contributed by atoms with Crippen molar-refractivity contribution in [2.24, 2.45) is 5.73 Å². The van der Waals surface area contributed by atoms with Crippen molar-refractivity contribution in [3.63, 3.8) is 0 Å². The Balaban J connectivity index is 1.93. The van der Waals surface area contributed by atoms with Crippen molar-refractivity contribution in [2.75, 3.05) is 0 Å². The van der Waals surface area contributed by atoms with Gasteiger partial charge in [-0.25, -0.2) is 0 Å². The van der Waals surface area contributed by atoms with E-state index in [9.17, 15) is 0 Å². The molecule has 20 heavy (non-hydrogen) atoms. The summed E-state index contributed by atoms with van der Waals surface area (Å²) in [7, 11) is 0. The van der Waals surface area contributed by atoms with E-state index in [0.717, 1.165) is 5.56 Å². The smallest absolute Gasteiger partial charge is 0.0178 e. The molecule has 3 aromatic carbocycles. The average Bonchev–Trinajstić information content (AvgIpc) is 2.56. The van der Waals surface area contributed by atoms with Gasteiger partial charge >= 0.3 is 0 Å². The SMILES string of the molecule is NCc1cccc(-c2ccc(-c3ccccc3)cc2)c1. The number of rotatable bonds is 3. The molecule has 0 saturated heterocycles. The first kappa shape index (κ1) is 12.6. The Morgan fingerprint density at radius 2 is 1.10 bits per heavy atom. The van der Waals surface area contributed by atoms with Crippen LogP contribution in [0.4, 0.5) is 0 Å². The van der Waals surface area contributed by atoms with E-state index in [1.165, 1.54) is 22.3 Å². The minimum absolute atomic E-state index is 0.579. The third kappa shape index (κ3) is 2.63. The lowest BCUT2D eigenvalue weighted by molar-refractivity contribution is 1.07. The molecule has 0 fully saturated rings. The summed E-state index contributed by atoms with van der Waals surface area (Å²) in [5.41, 5.74) is 11.8. The van der Waals surface area contributed by atoms with Crippen molar-refractivity contribution in [3.8, 4) is 22.3 Å². The van der Waals surface area contributed by atoms with Crippen LogP contribution in [0.1, 0.15) is 5.56 Å². The van der Waals surface area contributed by atoms with Gasteiger partial charge in [0.25, 0.3) is 0 Å². The zero-order valence-corrected chi connectivity index (χ0v) is 11.3. The molecule has 0 aliphatic heterocycles. The fraction of sp³-hybridized carbons (Fsp3) is 0.0526. The van der Waals surface area contributed by atoms with Crippen LogP contribution in [-0.4, -0.2) is 0 Å². The predicted octanol–water partition coefficient (Wildman–Crippen LogP) is 4.48. The molecule has 0 atom stereocenters. The second-order valence-electron chi connectivity index (χ2n) is 4.85. The van der Waals surface area contributed by atoms with Crippen LogP contribution in [0.5, 0.6) is 0 Å². The molecule has 2 N–H and O–H groups in total. The highest BCUT2D eigenvalue weighted by atomic mass is 14.5. The van der Waals surface area contributed by atoms with Crippen molar-refractivity contribution in [2.45, 2.75) is 6.54 Å². The van der Waals surface area contributed by atoms with E-state index >= 15 is 0 Å². The van der Waals surface area contributed by atoms with Crippen LogP contribution >= 0.6 is 0 Å². The molecule has 0 bridgehead atoms.